The fraction of sp³-hybridized carbons (Fsp3) is 0.0769. The lowest BCUT2D eigenvalue weighted by atomic mass is 10.3. The van der Waals surface area contributed by atoms with E-state index in [1.54, 1.807) is 30.1 Å². The van der Waals surface area contributed by atoms with E-state index in [4.69, 9.17) is 0 Å². The first kappa shape index (κ1) is 13.1. The first-order valence-electron chi connectivity index (χ1n) is 5.26. The second kappa shape index (κ2) is 6.02. The number of thioether (sulfide) groups is 1. The van der Waals surface area contributed by atoms with E-state index in [2.05, 4.69) is 26.2 Å². The Balaban J connectivity index is 2.08. The zero-order valence-electron chi connectivity index (χ0n) is 9.68. The molecule has 0 fully saturated rings. The Morgan fingerprint density at radius 1 is 1.22 bits per heavy atom. The van der Waals surface area contributed by atoms with E-state index >= 15 is 0 Å². The summed E-state index contributed by atoms with van der Waals surface area (Å²) in [5.41, 5.74) is 1.16. The molecular weight excluding hydrogens is 312 g/mol. The highest BCUT2D eigenvalue weighted by molar-refractivity contribution is 9.10. The summed E-state index contributed by atoms with van der Waals surface area (Å²) in [7, 11) is 0. The minimum Gasteiger partial charge on any atom is -0.321 e. The van der Waals surface area contributed by atoms with Crippen LogP contribution in [-0.2, 0) is 0 Å². The fourth-order valence-corrected chi connectivity index (χ4v) is 2.02. The van der Waals surface area contributed by atoms with Crippen molar-refractivity contribution in [3.63, 3.8) is 0 Å². The first-order chi connectivity index (χ1) is 8.69. The molecule has 0 atom stereocenters. The molecule has 1 aromatic heterocycles. The number of hydrogen-bond acceptors (Lipinski definition) is 3. The normalized spacial score (nSPS) is 10.1. The molecule has 0 saturated carbocycles. The molecule has 18 heavy (non-hydrogen) atoms. The van der Waals surface area contributed by atoms with Crippen molar-refractivity contribution < 1.29 is 4.79 Å². The Kier molecular flexibility index (Phi) is 4.38. The van der Waals surface area contributed by atoms with Crippen molar-refractivity contribution in [3.05, 3.63) is 52.8 Å². The maximum Gasteiger partial charge on any atom is 0.274 e. The van der Waals surface area contributed by atoms with Crippen molar-refractivity contribution in [2.75, 3.05) is 11.6 Å². The zero-order valence-corrected chi connectivity index (χ0v) is 12.1. The standard InChI is InChI=1S/C13H11BrN2OS/c1-18-11-5-3-10(4-6-11)16-13(17)12-7-2-9(14)8-15-12/h2-8H,1H3,(H,16,17). The van der Waals surface area contributed by atoms with Crippen LogP contribution in [0.5, 0.6) is 0 Å². The quantitative estimate of drug-likeness (QED) is 0.873. The number of nitrogens with zero attached hydrogens (tertiary/aromatic N) is 1. The molecule has 92 valence electrons. The van der Waals surface area contributed by atoms with Gasteiger partial charge in [-0.05, 0) is 58.6 Å². The number of amides is 1. The van der Waals surface area contributed by atoms with Gasteiger partial charge >= 0.3 is 0 Å². The average molecular weight is 323 g/mol. The topological polar surface area (TPSA) is 42.0 Å². The third-order valence-electron chi connectivity index (χ3n) is 2.31. The minimum absolute atomic E-state index is 0.209. The molecular formula is C13H11BrN2OS. The van der Waals surface area contributed by atoms with Crippen LogP contribution in [0.25, 0.3) is 0 Å². The average Bonchev–Trinajstić information content (AvgIpc) is 2.40. The highest BCUT2D eigenvalue weighted by Gasteiger charge is 2.07. The summed E-state index contributed by atoms with van der Waals surface area (Å²) in [6.07, 6.45) is 3.62. The number of pyridine rings is 1. The number of rotatable bonds is 3. The Hall–Kier alpha value is -1.33. The summed E-state index contributed by atoms with van der Waals surface area (Å²) < 4.78 is 0.850. The third kappa shape index (κ3) is 3.34. The molecule has 0 aliphatic carbocycles. The van der Waals surface area contributed by atoms with Crippen molar-refractivity contribution in [1.29, 1.82) is 0 Å². The van der Waals surface area contributed by atoms with Crippen molar-refractivity contribution >= 4 is 39.3 Å². The van der Waals surface area contributed by atoms with Gasteiger partial charge in [0, 0.05) is 21.3 Å². The molecule has 2 aromatic rings. The number of halogens is 1. The summed E-state index contributed by atoms with van der Waals surface area (Å²) in [6, 6.07) is 11.2. The Bertz CT molecular complexity index is 540. The van der Waals surface area contributed by atoms with E-state index in [-0.39, 0.29) is 5.91 Å². The van der Waals surface area contributed by atoms with E-state index in [0.717, 1.165) is 15.1 Å². The van der Waals surface area contributed by atoms with Gasteiger partial charge in [0.15, 0.2) is 0 Å². The monoisotopic (exact) mass is 322 g/mol. The molecule has 1 aromatic carbocycles. The van der Waals surface area contributed by atoms with Crippen molar-refractivity contribution in [1.82, 2.24) is 4.98 Å². The van der Waals surface area contributed by atoms with Crippen LogP contribution >= 0.6 is 27.7 Å². The van der Waals surface area contributed by atoms with Gasteiger partial charge in [-0.3, -0.25) is 4.79 Å². The number of carbonyl (C=O) groups excluding carboxylic acids is 1. The van der Waals surface area contributed by atoms with Crippen molar-refractivity contribution in [3.8, 4) is 0 Å². The molecule has 5 heteroatoms. The Morgan fingerprint density at radius 2 is 1.94 bits per heavy atom. The molecule has 2 rings (SSSR count). The van der Waals surface area contributed by atoms with Gasteiger partial charge in [-0.1, -0.05) is 0 Å². The smallest absolute Gasteiger partial charge is 0.274 e. The molecule has 0 spiro atoms. The Morgan fingerprint density at radius 3 is 2.50 bits per heavy atom. The van der Waals surface area contributed by atoms with E-state index in [1.807, 2.05) is 30.5 Å². The van der Waals surface area contributed by atoms with Crippen LogP contribution in [0.2, 0.25) is 0 Å². The maximum absolute atomic E-state index is 11.9. The summed E-state index contributed by atoms with van der Waals surface area (Å²) in [6.45, 7) is 0. The number of nitrogens with one attached hydrogen (secondary N) is 1. The number of aromatic nitrogens is 1. The van der Waals surface area contributed by atoms with Gasteiger partial charge in [0.1, 0.15) is 5.69 Å². The SMILES string of the molecule is CSc1ccc(NC(=O)c2ccc(Br)cn2)cc1. The van der Waals surface area contributed by atoms with Gasteiger partial charge in [0.2, 0.25) is 0 Å². The van der Waals surface area contributed by atoms with Gasteiger partial charge in [0.25, 0.3) is 5.91 Å². The number of benzene rings is 1. The fourth-order valence-electron chi connectivity index (χ4n) is 1.38. The number of carbonyl (C=O) groups is 1. The van der Waals surface area contributed by atoms with Crippen LogP contribution in [0.3, 0.4) is 0 Å². The lowest BCUT2D eigenvalue weighted by molar-refractivity contribution is 0.102. The summed E-state index contributed by atoms with van der Waals surface area (Å²) in [4.78, 5) is 17.1. The third-order valence-corrected chi connectivity index (χ3v) is 3.52. The lowest BCUT2D eigenvalue weighted by Gasteiger charge is -2.05. The predicted octanol–water partition coefficient (Wildman–Crippen LogP) is 3.82. The van der Waals surface area contributed by atoms with Crippen LogP contribution < -0.4 is 5.32 Å². The van der Waals surface area contributed by atoms with Crippen LogP contribution in [0.4, 0.5) is 5.69 Å². The largest absolute Gasteiger partial charge is 0.321 e. The summed E-state index contributed by atoms with van der Waals surface area (Å²) >= 11 is 4.94. The minimum atomic E-state index is -0.209. The zero-order chi connectivity index (χ0) is 13.0. The lowest BCUT2D eigenvalue weighted by Crippen LogP contribution is -2.13. The van der Waals surface area contributed by atoms with E-state index in [9.17, 15) is 4.79 Å². The molecule has 0 saturated heterocycles. The molecule has 3 nitrogen and oxygen atoms in total. The molecule has 1 heterocycles. The molecule has 0 aliphatic rings. The summed E-state index contributed by atoms with van der Waals surface area (Å²) in [5.74, 6) is -0.209. The van der Waals surface area contributed by atoms with Crippen LogP contribution in [0, 0.1) is 0 Å². The maximum atomic E-state index is 11.9. The van der Waals surface area contributed by atoms with Gasteiger partial charge < -0.3 is 5.32 Å². The van der Waals surface area contributed by atoms with Gasteiger partial charge in [0.05, 0.1) is 0 Å². The molecule has 0 bridgehead atoms. The highest BCUT2D eigenvalue weighted by atomic mass is 79.9. The molecule has 0 radical (unpaired) electrons. The first-order valence-corrected chi connectivity index (χ1v) is 7.28. The molecule has 0 aliphatic heterocycles. The van der Waals surface area contributed by atoms with Gasteiger partial charge in [-0.25, -0.2) is 4.98 Å². The summed E-state index contributed by atoms with van der Waals surface area (Å²) in [5, 5.41) is 2.80. The van der Waals surface area contributed by atoms with Crippen molar-refractivity contribution in [2.45, 2.75) is 4.90 Å². The molecule has 1 N–H and O–H groups in total. The van der Waals surface area contributed by atoms with Crippen LogP contribution in [0.15, 0.2) is 52.0 Å². The van der Waals surface area contributed by atoms with E-state index in [1.165, 1.54) is 0 Å². The Labute approximate surface area is 118 Å². The second-order valence-electron chi connectivity index (χ2n) is 3.54. The highest BCUT2D eigenvalue weighted by Crippen LogP contribution is 2.18. The van der Waals surface area contributed by atoms with E-state index in [0.29, 0.717) is 5.69 Å². The molecule has 0 unspecified atom stereocenters. The number of hydrogen-bond donors (Lipinski definition) is 1. The van der Waals surface area contributed by atoms with Crippen LogP contribution in [-0.4, -0.2) is 17.1 Å². The predicted molar refractivity (Wildman–Crippen MR) is 78.1 cm³/mol. The van der Waals surface area contributed by atoms with Gasteiger partial charge in [-0.2, -0.15) is 0 Å². The number of anilines is 1. The van der Waals surface area contributed by atoms with Crippen LogP contribution in [0.1, 0.15) is 10.5 Å². The van der Waals surface area contributed by atoms with E-state index < -0.39 is 0 Å². The second-order valence-corrected chi connectivity index (χ2v) is 5.34. The molecule has 1 amide bonds. The van der Waals surface area contributed by atoms with Gasteiger partial charge in [-0.15, -0.1) is 11.8 Å². The van der Waals surface area contributed by atoms with Crippen molar-refractivity contribution in [2.24, 2.45) is 0 Å².